The fraction of sp³-hybridized carbons (Fsp3) is 0.250. The molecule has 1 aromatic rings. The number of carbonyl (C=O) groups is 2. The molecule has 0 atom stereocenters. The number of carbonyl (C=O) groups excluding carboxylic acids is 2. The molecule has 0 saturated heterocycles. The highest BCUT2D eigenvalue weighted by atomic mass is 32.2. The van der Waals surface area contributed by atoms with E-state index >= 15 is 0 Å². The van der Waals surface area contributed by atoms with Crippen molar-refractivity contribution in [3.63, 3.8) is 0 Å². The molecule has 18 heavy (non-hydrogen) atoms. The Bertz CT molecular complexity index is 497. The summed E-state index contributed by atoms with van der Waals surface area (Å²) in [4.78, 5) is 22.2. The second-order valence-electron chi connectivity index (χ2n) is 3.79. The molecule has 2 rings (SSSR count). The zero-order valence-corrected chi connectivity index (χ0v) is 10.7. The predicted octanol–water partition coefficient (Wildman–Crippen LogP) is 2.20. The van der Waals surface area contributed by atoms with Gasteiger partial charge in [-0.3, -0.25) is 9.59 Å². The lowest BCUT2D eigenvalue weighted by Crippen LogP contribution is -2.25. The third kappa shape index (κ3) is 3.10. The van der Waals surface area contributed by atoms with Gasteiger partial charge < -0.3 is 5.32 Å². The van der Waals surface area contributed by atoms with E-state index in [0.717, 1.165) is 28.7 Å². The maximum Gasteiger partial charge on any atom is 0.283 e. The van der Waals surface area contributed by atoms with Crippen LogP contribution in [-0.2, 0) is 4.79 Å². The van der Waals surface area contributed by atoms with Gasteiger partial charge in [0.25, 0.3) is 5.24 Å². The maximum atomic E-state index is 11.2. The molecule has 5 nitrogen and oxygen atoms in total. The summed E-state index contributed by atoms with van der Waals surface area (Å²) in [6.07, 6.45) is 2.83. The van der Waals surface area contributed by atoms with E-state index in [1.807, 2.05) is 24.3 Å². The number of nitrogens with one attached hydrogen (secondary N) is 2. The number of hydrogen-bond acceptors (Lipinski definition) is 4. The molecule has 6 heteroatoms. The number of thioether (sulfide) groups is 1. The highest BCUT2D eigenvalue weighted by molar-refractivity contribution is 8.13. The monoisotopic (exact) mass is 263 g/mol. The second-order valence-corrected chi connectivity index (χ2v) is 4.57. The molecule has 0 bridgehead atoms. The predicted molar refractivity (Wildman–Crippen MR) is 72.9 cm³/mol. The first-order valence-electron chi connectivity index (χ1n) is 5.50. The summed E-state index contributed by atoms with van der Waals surface area (Å²) in [7, 11) is 0. The van der Waals surface area contributed by atoms with Crippen molar-refractivity contribution >= 4 is 34.3 Å². The largest absolute Gasteiger partial charge is 0.317 e. The number of amides is 2. The van der Waals surface area contributed by atoms with Gasteiger partial charge in [0.05, 0.1) is 5.71 Å². The van der Waals surface area contributed by atoms with Crippen LogP contribution in [0.5, 0.6) is 0 Å². The summed E-state index contributed by atoms with van der Waals surface area (Å²) in [6, 6.07) is 7.41. The molecule has 2 N–H and O–H groups in total. The minimum absolute atomic E-state index is 0.0531. The van der Waals surface area contributed by atoms with Crippen LogP contribution < -0.4 is 10.7 Å². The average molecular weight is 263 g/mol. The first-order valence-corrected chi connectivity index (χ1v) is 6.72. The summed E-state index contributed by atoms with van der Waals surface area (Å²) in [5.41, 5.74) is 5.03. The molecule has 1 aliphatic heterocycles. The SMILES string of the molecule is CSC(=O)Nc1ccc(C2=NNC(=O)CC2)cc1. The van der Waals surface area contributed by atoms with Crippen LogP contribution in [0.3, 0.4) is 0 Å². The van der Waals surface area contributed by atoms with Gasteiger partial charge in [-0.2, -0.15) is 5.10 Å². The van der Waals surface area contributed by atoms with Crippen molar-refractivity contribution in [2.45, 2.75) is 12.8 Å². The van der Waals surface area contributed by atoms with E-state index in [1.54, 1.807) is 6.26 Å². The van der Waals surface area contributed by atoms with Crippen molar-refractivity contribution in [1.82, 2.24) is 5.43 Å². The molecule has 0 aromatic heterocycles. The van der Waals surface area contributed by atoms with Gasteiger partial charge in [0.15, 0.2) is 0 Å². The lowest BCUT2D eigenvalue weighted by Gasteiger charge is -2.12. The van der Waals surface area contributed by atoms with Gasteiger partial charge >= 0.3 is 0 Å². The van der Waals surface area contributed by atoms with E-state index in [0.29, 0.717) is 12.8 Å². The van der Waals surface area contributed by atoms with Gasteiger partial charge in [0.2, 0.25) is 5.91 Å². The van der Waals surface area contributed by atoms with Crippen LogP contribution in [0, 0.1) is 0 Å². The molecule has 0 aliphatic carbocycles. The average Bonchev–Trinajstić information content (AvgIpc) is 2.40. The normalized spacial score (nSPS) is 14.7. The Morgan fingerprint density at radius 1 is 1.33 bits per heavy atom. The number of hydrazone groups is 1. The van der Waals surface area contributed by atoms with Crippen molar-refractivity contribution in [1.29, 1.82) is 0 Å². The molecule has 0 radical (unpaired) electrons. The van der Waals surface area contributed by atoms with Crippen LogP contribution >= 0.6 is 11.8 Å². The van der Waals surface area contributed by atoms with Crippen LogP contribution in [-0.4, -0.2) is 23.1 Å². The number of rotatable bonds is 2. The van der Waals surface area contributed by atoms with Gasteiger partial charge in [-0.1, -0.05) is 23.9 Å². The Hall–Kier alpha value is -1.82. The van der Waals surface area contributed by atoms with E-state index in [2.05, 4.69) is 15.8 Å². The molecule has 1 heterocycles. The van der Waals surface area contributed by atoms with Crippen molar-refractivity contribution in [3.05, 3.63) is 29.8 Å². The Kier molecular flexibility index (Phi) is 3.99. The lowest BCUT2D eigenvalue weighted by molar-refractivity contribution is -0.121. The minimum atomic E-state index is -0.0926. The van der Waals surface area contributed by atoms with Gasteiger partial charge in [-0.15, -0.1) is 0 Å². The molecular formula is C12H13N3O2S. The van der Waals surface area contributed by atoms with Crippen molar-refractivity contribution in [2.24, 2.45) is 5.10 Å². The maximum absolute atomic E-state index is 11.2. The summed E-state index contributed by atoms with van der Waals surface area (Å²) >= 11 is 1.13. The van der Waals surface area contributed by atoms with Crippen molar-refractivity contribution in [3.8, 4) is 0 Å². The first-order chi connectivity index (χ1) is 8.69. The molecule has 0 saturated carbocycles. The molecule has 2 amide bonds. The minimum Gasteiger partial charge on any atom is -0.317 e. The zero-order chi connectivity index (χ0) is 13.0. The fourth-order valence-electron chi connectivity index (χ4n) is 1.60. The summed E-state index contributed by atoms with van der Waals surface area (Å²) in [5.74, 6) is -0.0531. The topological polar surface area (TPSA) is 70.6 Å². The fourth-order valence-corrected chi connectivity index (χ4v) is 1.82. The summed E-state index contributed by atoms with van der Waals surface area (Å²) < 4.78 is 0. The molecule has 1 aromatic carbocycles. The third-order valence-corrected chi connectivity index (χ3v) is 3.03. The quantitative estimate of drug-likeness (QED) is 0.859. The standard InChI is InChI=1S/C12H13N3O2S/c1-18-12(17)13-9-4-2-8(3-5-9)10-6-7-11(16)15-14-10/h2-5H,6-7H2,1H3,(H,13,17)(H,15,16). The first kappa shape index (κ1) is 12.6. The van der Waals surface area contributed by atoms with E-state index in [-0.39, 0.29) is 11.1 Å². The van der Waals surface area contributed by atoms with Crippen molar-refractivity contribution < 1.29 is 9.59 Å². The summed E-state index contributed by atoms with van der Waals surface area (Å²) in [5, 5.41) is 6.66. The molecule has 94 valence electrons. The molecule has 0 fully saturated rings. The zero-order valence-electron chi connectivity index (χ0n) is 9.90. The van der Waals surface area contributed by atoms with E-state index in [4.69, 9.17) is 0 Å². The molecule has 0 unspecified atom stereocenters. The van der Waals surface area contributed by atoms with Gasteiger partial charge in [-0.25, -0.2) is 5.43 Å². The number of nitrogens with zero attached hydrogens (tertiary/aromatic N) is 1. The third-order valence-electron chi connectivity index (χ3n) is 2.55. The van der Waals surface area contributed by atoms with Crippen LogP contribution in [0.25, 0.3) is 0 Å². The van der Waals surface area contributed by atoms with Crippen LogP contribution in [0.4, 0.5) is 10.5 Å². The molecule has 0 spiro atoms. The van der Waals surface area contributed by atoms with Gasteiger partial charge in [0, 0.05) is 18.5 Å². The number of benzene rings is 1. The van der Waals surface area contributed by atoms with E-state index in [9.17, 15) is 9.59 Å². The highest BCUT2D eigenvalue weighted by Crippen LogP contribution is 2.15. The van der Waals surface area contributed by atoms with Crippen LogP contribution in [0.2, 0.25) is 0 Å². The Morgan fingerprint density at radius 3 is 2.61 bits per heavy atom. The number of anilines is 1. The van der Waals surface area contributed by atoms with Gasteiger partial charge in [-0.05, 0) is 24.0 Å². The number of hydrogen-bond donors (Lipinski definition) is 2. The smallest absolute Gasteiger partial charge is 0.283 e. The molecular weight excluding hydrogens is 250 g/mol. The lowest BCUT2D eigenvalue weighted by atomic mass is 10.0. The van der Waals surface area contributed by atoms with Crippen LogP contribution in [0.1, 0.15) is 18.4 Å². The molecule has 1 aliphatic rings. The Labute approximate surface area is 109 Å². The van der Waals surface area contributed by atoms with Crippen molar-refractivity contribution in [2.75, 3.05) is 11.6 Å². The van der Waals surface area contributed by atoms with Gasteiger partial charge in [0.1, 0.15) is 0 Å². The Morgan fingerprint density at radius 2 is 2.06 bits per heavy atom. The van der Waals surface area contributed by atoms with E-state index < -0.39 is 0 Å². The van der Waals surface area contributed by atoms with Crippen LogP contribution in [0.15, 0.2) is 29.4 Å². The van der Waals surface area contributed by atoms with E-state index in [1.165, 1.54) is 0 Å². The second kappa shape index (κ2) is 5.68. The Balaban J connectivity index is 2.08. The summed E-state index contributed by atoms with van der Waals surface area (Å²) in [6.45, 7) is 0. The highest BCUT2D eigenvalue weighted by Gasteiger charge is 2.13.